The van der Waals surface area contributed by atoms with E-state index in [1.165, 1.54) is 10.9 Å². The molecule has 1 aliphatic carbocycles. The van der Waals surface area contributed by atoms with Crippen LogP contribution in [0.1, 0.15) is 61.8 Å². The zero-order chi connectivity index (χ0) is 22.5. The second-order valence-corrected chi connectivity index (χ2v) is 8.88. The number of rotatable bonds is 8. The Bertz CT molecular complexity index is 1130. The summed E-state index contributed by atoms with van der Waals surface area (Å²) in [6.45, 7) is 4.75. The zero-order valence-electron chi connectivity index (χ0n) is 19.1. The highest BCUT2D eigenvalue weighted by molar-refractivity contribution is 6.22. The third-order valence-corrected chi connectivity index (χ3v) is 6.63. The molecule has 0 spiro atoms. The highest BCUT2D eigenvalue weighted by Gasteiger charge is 2.38. The van der Waals surface area contributed by atoms with Gasteiger partial charge in [-0.15, -0.1) is 0 Å². The number of H-pyrrole nitrogens is 1. The Labute approximate surface area is 190 Å². The molecule has 0 radical (unpaired) electrons. The van der Waals surface area contributed by atoms with E-state index in [-0.39, 0.29) is 17.5 Å². The molecule has 0 saturated heterocycles. The number of carbonyl (C=O) groups excluding carboxylic acids is 2. The molecular weight excluding hydrogens is 396 g/mol. The molecule has 2 aromatic carbocycles. The average Bonchev–Trinajstić information content (AvgIpc) is 3.13. The second kappa shape index (κ2) is 10.1. The van der Waals surface area contributed by atoms with E-state index in [0.29, 0.717) is 25.8 Å². The summed E-state index contributed by atoms with van der Waals surface area (Å²) in [6, 6.07) is 18.5. The number of hydrogen-bond acceptors (Lipinski definition) is 3. The highest BCUT2D eigenvalue weighted by Crippen LogP contribution is 2.33. The van der Waals surface area contributed by atoms with Crippen LogP contribution in [0.4, 0.5) is 0 Å². The molecule has 32 heavy (non-hydrogen) atoms. The van der Waals surface area contributed by atoms with E-state index in [4.69, 9.17) is 4.99 Å². The van der Waals surface area contributed by atoms with Crippen molar-refractivity contribution in [3.05, 3.63) is 71.4 Å². The predicted octanol–water partition coefficient (Wildman–Crippen LogP) is 5.98. The van der Waals surface area contributed by atoms with Crippen LogP contribution in [0, 0.1) is 12.8 Å². The number of unbranched alkanes of at least 4 members (excludes halogenated alkanes) is 1. The van der Waals surface area contributed by atoms with Crippen LogP contribution in [-0.2, 0) is 16.0 Å². The lowest BCUT2D eigenvalue weighted by atomic mass is 9.74. The maximum atomic E-state index is 13.1. The monoisotopic (exact) mass is 428 g/mol. The van der Waals surface area contributed by atoms with Crippen LogP contribution in [-0.4, -0.2) is 28.8 Å². The molecule has 4 rings (SSSR count). The summed E-state index contributed by atoms with van der Waals surface area (Å²) >= 11 is 0. The van der Waals surface area contributed by atoms with Crippen molar-refractivity contribution in [2.75, 3.05) is 6.54 Å². The molecule has 0 amide bonds. The van der Waals surface area contributed by atoms with Crippen molar-refractivity contribution in [2.24, 2.45) is 10.9 Å². The number of aryl methyl sites for hydroxylation is 1. The molecule has 4 nitrogen and oxygen atoms in total. The Balaban J connectivity index is 1.58. The minimum Gasteiger partial charge on any atom is -0.358 e. The summed E-state index contributed by atoms with van der Waals surface area (Å²) in [7, 11) is 0. The van der Waals surface area contributed by atoms with E-state index in [1.54, 1.807) is 0 Å². The first kappa shape index (κ1) is 22.2. The van der Waals surface area contributed by atoms with Gasteiger partial charge >= 0.3 is 0 Å². The van der Waals surface area contributed by atoms with Crippen molar-refractivity contribution >= 4 is 28.2 Å². The second-order valence-electron chi connectivity index (χ2n) is 8.88. The Morgan fingerprint density at radius 1 is 1.06 bits per heavy atom. The predicted molar refractivity (Wildman–Crippen MR) is 130 cm³/mol. The quantitative estimate of drug-likeness (QED) is 0.449. The van der Waals surface area contributed by atoms with Crippen molar-refractivity contribution in [3.8, 4) is 0 Å². The molecule has 1 aromatic heterocycles. The maximum absolute atomic E-state index is 13.1. The number of aromatic nitrogens is 1. The minimum atomic E-state index is -0.648. The molecule has 0 aliphatic heterocycles. The molecule has 1 N–H and O–H groups in total. The van der Waals surface area contributed by atoms with E-state index in [2.05, 4.69) is 49.2 Å². The molecule has 1 heterocycles. The first-order valence-electron chi connectivity index (χ1n) is 11.8. The molecule has 1 aliphatic rings. The zero-order valence-corrected chi connectivity index (χ0v) is 19.1. The van der Waals surface area contributed by atoms with Crippen LogP contribution in [0.2, 0.25) is 0 Å². The van der Waals surface area contributed by atoms with E-state index in [9.17, 15) is 9.59 Å². The molecule has 4 heteroatoms. The van der Waals surface area contributed by atoms with E-state index in [1.807, 2.05) is 24.3 Å². The molecule has 0 bridgehead atoms. The number of ketones is 2. The number of carbonyl (C=O) groups is 2. The van der Waals surface area contributed by atoms with Crippen LogP contribution in [0.3, 0.4) is 0 Å². The number of aliphatic imine (C=N–C) groups is 1. The van der Waals surface area contributed by atoms with Gasteiger partial charge in [0.1, 0.15) is 17.5 Å². The molecule has 3 aromatic rings. The van der Waals surface area contributed by atoms with Gasteiger partial charge < -0.3 is 4.98 Å². The SMILES string of the molecule is CCCCC(=O)[C@@H]1C(=O)C[C@@H](c2ccccc2)CC1=NCCc1c(C)[nH]c2ccccc12. The number of nitrogens with zero attached hydrogens (tertiary/aromatic N) is 1. The maximum Gasteiger partial charge on any atom is 0.149 e. The van der Waals surface area contributed by atoms with Crippen LogP contribution in [0.5, 0.6) is 0 Å². The van der Waals surface area contributed by atoms with Crippen molar-refractivity contribution in [1.82, 2.24) is 4.98 Å². The Morgan fingerprint density at radius 3 is 2.59 bits per heavy atom. The van der Waals surface area contributed by atoms with Gasteiger partial charge in [-0.3, -0.25) is 14.6 Å². The van der Waals surface area contributed by atoms with Crippen molar-refractivity contribution in [1.29, 1.82) is 0 Å². The standard InChI is InChI=1S/C28H32N2O2/c1-3-4-14-26(31)28-25(17-21(18-27(28)32)20-10-6-5-7-11-20)29-16-15-22-19(2)30-24-13-9-8-12-23(22)24/h5-13,21,28,30H,3-4,14-18H2,1-2H3/t21-,28+/m0/s1. The number of benzene rings is 2. The summed E-state index contributed by atoms with van der Waals surface area (Å²) in [6.07, 6.45) is 4.14. The van der Waals surface area contributed by atoms with Gasteiger partial charge in [0, 0.05) is 41.7 Å². The smallest absolute Gasteiger partial charge is 0.149 e. The van der Waals surface area contributed by atoms with Crippen LogP contribution < -0.4 is 0 Å². The fourth-order valence-electron chi connectivity index (χ4n) is 4.93. The number of nitrogens with one attached hydrogen (secondary N) is 1. The van der Waals surface area contributed by atoms with E-state index < -0.39 is 5.92 Å². The Hall–Kier alpha value is -3.01. The van der Waals surface area contributed by atoms with Gasteiger partial charge in [0.05, 0.1) is 0 Å². The van der Waals surface area contributed by atoms with Gasteiger partial charge in [0.25, 0.3) is 0 Å². The lowest BCUT2D eigenvalue weighted by molar-refractivity contribution is -0.130. The van der Waals surface area contributed by atoms with Crippen LogP contribution >= 0.6 is 0 Å². The first-order valence-corrected chi connectivity index (χ1v) is 11.8. The molecule has 0 unspecified atom stereocenters. The van der Waals surface area contributed by atoms with Gasteiger partial charge in [-0.2, -0.15) is 0 Å². The highest BCUT2D eigenvalue weighted by atomic mass is 16.2. The third-order valence-electron chi connectivity index (χ3n) is 6.63. The average molecular weight is 429 g/mol. The lowest BCUT2D eigenvalue weighted by Gasteiger charge is -2.29. The third kappa shape index (κ3) is 4.74. The number of para-hydroxylation sites is 1. The number of Topliss-reactive ketones (excluding diaryl/α,β-unsaturated/α-hetero) is 2. The fraction of sp³-hybridized carbons (Fsp3) is 0.393. The van der Waals surface area contributed by atoms with Crippen LogP contribution in [0.25, 0.3) is 10.9 Å². The summed E-state index contributed by atoms with van der Waals surface area (Å²) in [5, 5.41) is 1.22. The molecule has 1 saturated carbocycles. The number of hydrogen-bond donors (Lipinski definition) is 1. The molecule has 166 valence electrons. The fourth-order valence-corrected chi connectivity index (χ4v) is 4.93. The van der Waals surface area contributed by atoms with Gasteiger partial charge in [-0.05, 0) is 49.3 Å². The van der Waals surface area contributed by atoms with Gasteiger partial charge in [0.2, 0.25) is 0 Å². The van der Waals surface area contributed by atoms with Crippen molar-refractivity contribution in [2.45, 2.75) is 58.3 Å². The van der Waals surface area contributed by atoms with Crippen LogP contribution in [0.15, 0.2) is 59.6 Å². The normalized spacial score (nSPS) is 20.2. The molecular formula is C28H32N2O2. The Kier molecular flexibility index (Phi) is 6.99. The summed E-state index contributed by atoms with van der Waals surface area (Å²) in [5.41, 5.74) is 5.50. The van der Waals surface area contributed by atoms with Gasteiger partial charge in [-0.25, -0.2) is 0 Å². The van der Waals surface area contributed by atoms with E-state index >= 15 is 0 Å². The number of aromatic amines is 1. The van der Waals surface area contributed by atoms with E-state index in [0.717, 1.165) is 41.7 Å². The van der Waals surface area contributed by atoms with Gasteiger partial charge in [0.15, 0.2) is 0 Å². The first-order chi connectivity index (χ1) is 15.6. The topological polar surface area (TPSA) is 62.3 Å². The minimum absolute atomic E-state index is 0.0354. The molecule has 1 fully saturated rings. The summed E-state index contributed by atoms with van der Waals surface area (Å²) in [4.78, 5) is 34.4. The Morgan fingerprint density at radius 2 is 1.81 bits per heavy atom. The lowest BCUT2D eigenvalue weighted by Crippen LogP contribution is -2.38. The summed E-state index contributed by atoms with van der Waals surface area (Å²) in [5.74, 6) is -0.461. The van der Waals surface area contributed by atoms with Crippen molar-refractivity contribution in [3.63, 3.8) is 0 Å². The molecule has 2 atom stereocenters. The summed E-state index contributed by atoms with van der Waals surface area (Å²) < 4.78 is 0. The number of fused-ring (bicyclic) bond motifs is 1. The largest absolute Gasteiger partial charge is 0.358 e. The van der Waals surface area contributed by atoms with Gasteiger partial charge in [-0.1, -0.05) is 61.9 Å². The van der Waals surface area contributed by atoms with Crippen molar-refractivity contribution < 1.29 is 9.59 Å².